The number of benzene rings is 1. The van der Waals surface area contributed by atoms with Crippen molar-refractivity contribution < 1.29 is 14.3 Å². The zero-order valence-corrected chi connectivity index (χ0v) is 12.5. The molecular formula is C16H22N2O3. The molecule has 1 aromatic rings. The molecule has 1 amide bonds. The van der Waals surface area contributed by atoms with Gasteiger partial charge in [-0.15, -0.1) is 0 Å². The quantitative estimate of drug-likeness (QED) is 0.672. The van der Waals surface area contributed by atoms with Crippen LogP contribution in [0.3, 0.4) is 0 Å². The summed E-state index contributed by atoms with van der Waals surface area (Å²) in [4.78, 5) is 25.6. The third kappa shape index (κ3) is 3.24. The van der Waals surface area contributed by atoms with Crippen molar-refractivity contribution >= 4 is 11.9 Å². The number of likely N-dealkylation sites (N-methyl/N-ethyl adjacent to an activating group) is 1. The summed E-state index contributed by atoms with van der Waals surface area (Å²) >= 11 is 0. The number of hydrogen-bond donors (Lipinski definition) is 1. The third-order valence-electron chi connectivity index (χ3n) is 3.96. The largest absolute Gasteiger partial charge is 0.464 e. The molecule has 2 N–H and O–H groups in total. The molecule has 0 aromatic heterocycles. The van der Waals surface area contributed by atoms with E-state index in [1.807, 2.05) is 18.2 Å². The van der Waals surface area contributed by atoms with E-state index in [2.05, 4.69) is 6.07 Å². The zero-order chi connectivity index (χ0) is 15.4. The number of rotatable bonds is 4. The first-order chi connectivity index (χ1) is 10.1. The highest BCUT2D eigenvalue weighted by Crippen LogP contribution is 2.33. The van der Waals surface area contributed by atoms with Gasteiger partial charge >= 0.3 is 5.97 Å². The van der Waals surface area contributed by atoms with Gasteiger partial charge in [0.15, 0.2) is 6.04 Å². The van der Waals surface area contributed by atoms with Crippen molar-refractivity contribution in [1.29, 1.82) is 0 Å². The van der Waals surface area contributed by atoms with Gasteiger partial charge < -0.3 is 15.4 Å². The number of amides is 1. The Morgan fingerprint density at radius 3 is 2.86 bits per heavy atom. The van der Waals surface area contributed by atoms with Crippen LogP contribution in [0.4, 0.5) is 0 Å². The minimum atomic E-state index is -1.25. The van der Waals surface area contributed by atoms with E-state index in [1.54, 1.807) is 18.9 Å². The molecular weight excluding hydrogens is 268 g/mol. The number of carbonyl (C=O) groups is 2. The maximum atomic E-state index is 12.4. The van der Waals surface area contributed by atoms with Gasteiger partial charge in [0.1, 0.15) is 0 Å². The number of fused-ring (bicyclic) bond motifs is 1. The monoisotopic (exact) mass is 290 g/mol. The van der Waals surface area contributed by atoms with Crippen LogP contribution in [0.2, 0.25) is 0 Å². The lowest BCUT2D eigenvalue weighted by atomic mass is 9.87. The molecule has 0 heterocycles. The van der Waals surface area contributed by atoms with Crippen LogP contribution < -0.4 is 5.73 Å². The molecule has 1 aliphatic carbocycles. The number of hydrogen-bond acceptors (Lipinski definition) is 4. The minimum Gasteiger partial charge on any atom is -0.464 e. The van der Waals surface area contributed by atoms with E-state index in [0.29, 0.717) is 0 Å². The van der Waals surface area contributed by atoms with E-state index in [-0.39, 0.29) is 12.6 Å². The number of nitrogens with two attached hydrogens (primary N) is 1. The van der Waals surface area contributed by atoms with Crippen LogP contribution in [0.1, 0.15) is 36.9 Å². The van der Waals surface area contributed by atoms with E-state index in [1.165, 1.54) is 5.56 Å². The highest BCUT2D eigenvalue weighted by atomic mass is 16.5. The minimum absolute atomic E-state index is 0.0251. The van der Waals surface area contributed by atoms with Gasteiger partial charge in [-0.05, 0) is 37.3 Å². The first kappa shape index (κ1) is 15.5. The molecule has 0 bridgehead atoms. The normalized spacial score (nSPS) is 18.5. The number of carbonyl (C=O) groups excluding carboxylic acids is 2. The summed E-state index contributed by atoms with van der Waals surface area (Å²) in [7, 11) is 1.70. The number of aryl methyl sites for hydroxylation is 1. The van der Waals surface area contributed by atoms with E-state index in [9.17, 15) is 9.59 Å². The number of esters is 1. The highest BCUT2D eigenvalue weighted by molar-refractivity contribution is 6.01. The maximum absolute atomic E-state index is 12.4. The molecule has 5 heteroatoms. The van der Waals surface area contributed by atoms with Gasteiger partial charge in [-0.1, -0.05) is 24.3 Å². The average molecular weight is 290 g/mol. The van der Waals surface area contributed by atoms with Gasteiger partial charge in [0, 0.05) is 7.05 Å². The lowest BCUT2D eigenvalue weighted by molar-refractivity contribution is -0.151. The van der Waals surface area contributed by atoms with Gasteiger partial charge in [-0.25, -0.2) is 4.79 Å². The standard InChI is InChI=1S/C16H22N2O3/c1-3-21-16(20)14(17)15(19)18(2)13-10-6-8-11-7-4-5-9-12(11)13/h4-5,7,9,13-14H,3,6,8,10,17H2,1-2H3. The summed E-state index contributed by atoms with van der Waals surface area (Å²) in [5, 5.41) is 0. The van der Waals surface area contributed by atoms with Crippen molar-refractivity contribution in [2.75, 3.05) is 13.7 Å². The fourth-order valence-electron chi connectivity index (χ4n) is 2.84. The second-order valence-electron chi connectivity index (χ2n) is 5.29. The molecule has 0 spiro atoms. The smallest absolute Gasteiger partial charge is 0.332 e. The van der Waals surface area contributed by atoms with Crippen LogP contribution >= 0.6 is 0 Å². The topological polar surface area (TPSA) is 72.6 Å². The van der Waals surface area contributed by atoms with E-state index < -0.39 is 17.9 Å². The number of nitrogens with zero attached hydrogens (tertiary/aromatic N) is 1. The first-order valence-corrected chi connectivity index (χ1v) is 7.33. The molecule has 2 atom stereocenters. The molecule has 0 saturated heterocycles. The Hall–Kier alpha value is -1.88. The van der Waals surface area contributed by atoms with Gasteiger partial charge in [0.2, 0.25) is 0 Å². The van der Waals surface area contributed by atoms with Crippen molar-refractivity contribution in [1.82, 2.24) is 4.90 Å². The predicted molar refractivity (Wildman–Crippen MR) is 79.5 cm³/mol. The summed E-state index contributed by atoms with van der Waals surface area (Å²) in [6.07, 6.45) is 2.93. The lowest BCUT2D eigenvalue weighted by Crippen LogP contribution is -2.49. The molecule has 0 saturated carbocycles. The summed E-state index contributed by atoms with van der Waals surface area (Å²) in [6, 6.07) is 6.84. The molecule has 1 aromatic carbocycles. The Labute approximate surface area is 125 Å². The fraction of sp³-hybridized carbons (Fsp3) is 0.500. The molecule has 1 aliphatic rings. The molecule has 21 heavy (non-hydrogen) atoms. The van der Waals surface area contributed by atoms with E-state index in [0.717, 1.165) is 24.8 Å². The van der Waals surface area contributed by atoms with E-state index in [4.69, 9.17) is 10.5 Å². The molecule has 0 fully saturated rings. The Balaban J connectivity index is 2.15. The van der Waals surface area contributed by atoms with Gasteiger partial charge in [-0.2, -0.15) is 0 Å². The van der Waals surface area contributed by atoms with Crippen molar-refractivity contribution in [3.63, 3.8) is 0 Å². The van der Waals surface area contributed by atoms with Crippen molar-refractivity contribution in [2.24, 2.45) is 5.73 Å². The second-order valence-corrected chi connectivity index (χ2v) is 5.29. The van der Waals surface area contributed by atoms with Crippen molar-refractivity contribution in [2.45, 2.75) is 38.3 Å². The Morgan fingerprint density at radius 1 is 1.43 bits per heavy atom. The predicted octanol–water partition coefficient (Wildman–Crippen LogP) is 1.41. The summed E-state index contributed by atoms with van der Waals surface area (Å²) in [5.41, 5.74) is 8.12. The highest BCUT2D eigenvalue weighted by Gasteiger charge is 2.32. The van der Waals surface area contributed by atoms with Crippen LogP contribution in [0.5, 0.6) is 0 Å². The van der Waals surface area contributed by atoms with E-state index >= 15 is 0 Å². The fourth-order valence-corrected chi connectivity index (χ4v) is 2.84. The van der Waals surface area contributed by atoms with Crippen molar-refractivity contribution in [3.05, 3.63) is 35.4 Å². The van der Waals surface area contributed by atoms with Gasteiger partial charge in [0.05, 0.1) is 12.6 Å². The third-order valence-corrected chi connectivity index (χ3v) is 3.96. The van der Waals surface area contributed by atoms with Gasteiger partial charge in [-0.3, -0.25) is 4.79 Å². The first-order valence-electron chi connectivity index (χ1n) is 7.33. The van der Waals surface area contributed by atoms with Crippen LogP contribution in [0.15, 0.2) is 24.3 Å². The molecule has 2 unspecified atom stereocenters. The zero-order valence-electron chi connectivity index (χ0n) is 12.5. The Bertz CT molecular complexity index is 530. The Morgan fingerprint density at radius 2 is 2.14 bits per heavy atom. The van der Waals surface area contributed by atoms with Crippen molar-refractivity contribution in [3.8, 4) is 0 Å². The number of ether oxygens (including phenoxy) is 1. The lowest BCUT2D eigenvalue weighted by Gasteiger charge is -2.34. The van der Waals surface area contributed by atoms with Crippen LogP contribution in [0, 0.1) is 0 Å². The second kappa shape index (κ2) is 6.72. The molecule has 0 aliphatic heterocycles. The van der Waals surface area contributed by atoms with Crippen LogP contribution in [0.25, 0.3) is 0 Å². The Kier molecular flexibility index (Phi) is 4.96. The molecule has 2 rings (SSSR count). The summed E-state index contributed by atoms with van der Waals surface area (Å²) < 4.78 is 4.82. The summed E-state index contributed by atoms with van der Waals surface area (Å²) in [6.45, 7) is 1.91. The van der Waals surface area contributed by atoms with Crippen LogP contribution in [-0.4, -0.2) is 36.5 Å². The molecule has 0 radical (unpaired) electrons. The molecule has 5 nitrogen and oxygen atoms in total. The average Bonchev–Trinajstić information content (AvgIpc) is 2.52. The summed E-state index contributed by atoms with van der Waals surface area (Å²) in [5.74, 6) is -1.06. The maximum Gasteiger partial charge on any atom is 0.332 e. The van der Waals surface area contributed by atoms with Crippen LogP contribution in [-0.2, 0) is 20.7 Å². The molecule has 114 valence electrons. The SMILES string of the molecule is CCOC(=O)C(N)C(=O)N(C)C1CCCc2ccccc21. The van der Waals surface area contributed by atoms with Gasteiger partial charge in [0.25, 0.3) is 5.91 Å².